The lowest BCUT2D eigenvalue weighted by molar-refractivity contribution is -0.122. The standard InChI is InChI=1S/C11H14N4O2/c1-11(2,10(12)17)7-6-13-8-4-5-14(3)15(8)9(7)16/h4-6H,1-3H3,(H2,12,17). The molecule has 0 fully saturated rings. The van der Waals surface area contributed by atoms with Crippen LogP contribution in [0, 0.1) is 0 Å². The molecule has 0 aliphatic heterocycles. The second-order valence-electron chi connectivity index (χ2n) is 4.53. The Labute approximate surface area is 97.7 Å². The Hall–Kier alpha value is -2.11. The van der Waals surface area contributed by atoms with Crippen molar-refractivity contribution in [3.63, 3.8) is 0 Å². The summed E-state index contributed by atoms with van der Waals surface area (Å²) in [7, 11) is 1.73. The van der Waals surface area contributed by atoms with Crippen molar-refractivity contribution in [3.8, 4) is 0 Å². The summed E-state index contributed by atoms with van der Waals surface area (Å²) < 4.78 is 3.02. The minimum absolute atomic E-state index is 0.272. The largest absolute Gasteiger partial charge is 0.369 e. The zero-order valence-corrected chi connectivity index (χ0v) is 9.97. The highest BCUT2D eigenvalue weighted by atomic mass is 16.2. The maximum atomic E-state index is 12.3. The van der Waals surface area contributed by atoms with Crippen LogP contribution in [0.5, 0.6) is 0 Å². The number of nitrogens with two attached hydrogens (primary N) is 1. The van der Waals surface area contributed by atoms with Crippen LogP contribution in [0.1, 0.15) is 19.4 Å². The van der Waals surface area contributed by atoms with Gasteiger partial charge in [-0.15, -0.1) is 0 Å². The van der Waals surface area contributed by atoms with Crippen LogP contribution >= 0.6 is 0 Å². The summed E-state index contributed by atoms with van der Waals surface area (Å²) in [5, 5.41) is 0. The molecule has 0 spiro atoms. The number of amides is 1. The first-order valence-electron chi connectivity index (χ1n) is 5.19. The molecular formula is C11H14N4O2. The molecule has 6 heteroatoms. The summed E-state index contributed by atoms with van der Waals surface area (Å²) in [6.07, 6.45) is 3.15. The smallest absolute Gasteiger partial charge is 0.277 e. The van der Waals surface area contributed by atoms with E-state index in [1.165, 1.54) is 10.7 Å². The number of primary amides is 1. The Morgan fingerprint density at radius 1 is 1.47 bits per heavy atom. The van der Waals surface area contributed by atoms with E-state index >= 15 is 0 Å². The topological polar surface area (TPSA) is 82.4 Å². The molecule has 2 heterocycles. The number of aryl methyl sites for hydroxylation is 1. The molecule has 0 atom stereocenters. The molecule has 2 N–H and O–H groups in total. The molecule has 0 bridgehead atoms. The van der Waals surface area contributed by atoms with Crippen LogP contribution in [0.25, 0.3) is 5.65 Å². The second-order valence-corrected chi connectivity index (χ2v) is 4.53. The number of carbonyl (C=O) groups is 1. The molecule has 0 radical (unpaired) electrons. The summed E-state index contributed by atoms with van der Waals surface area (Å²) in [4.78, 5) is 27.8. The number of aromatic nitrogens is 3. The lowest BCUT2D eigenvalue weighted by atomic mass is 9.86. The molecule has 2 aromatic rings. The third-order valence-corrected chi connectivity index (χ3v) is 3.01. The molecule has 0 aromatic carbocycles. The van der Waals surface area contributed by atoms with Crippen molar-refractivity contribution < 1.29 is 4.79 Å². The van der Waals surface area contributed by atoms with Gasteiger partial charge in [-0.1, -0.05) is 0 Å². The predicted octanol–water partition coefficient (Wildman–Crippen LogP) is -0.204. The molecule has 17 heavy (non-hydrogen) atoms. The van der Waals surface area contributed by atoms with Crippen molar-refractivity contribution in [2.75, 3.05) is 0 Å². The van der Waals surface area contributed by atoms with Crippen molar-refractivity contribution in [3.05, 3.63) is 34.4 Å². The molecule has 0 unspecified atom stereocenters. The van der Waals surface area contributed by atoms with E-state index < -0.39 is 11.3 Å². The van der Waals surface area contributed by atoms with Crippen molar-refractivity contribution in [1.29, 1.82) is 0 Å². The van der Waals surface area contributed by atoms with Gasteiger partial charge in [0.2, 0.25) is 5.91 Å². The summed E-state index contributed by atoms with van der Waals surface area (Å²) >= 11 is 0. The Kier molecular flexibility index (Phi) is 2.30. The molecule has 1 amide bonds. The fraction of sp³-hybridized carbons (Fsp3) is 0.364. The molecule has 6 nitrogen and oxygen atoms in total. The average Bonchev–Trinajstić information content (AvgIpc) is 2.61. The normalized spacial score (nSPS) is 11.9. The Bertz CT molecular complexity index is 651. The number of fused-ring (bicyclic) bond motifs is 1. The van der Waals surface area contributed by atoms with Gasteiger partial charge in [0.1, 0.15) is 0 Å². The molecule has 0 saturated carbocycles. The van der Waals surface area contributed by atoms with Crippen LogP contribution in [-0.2, 0) is 17.3 Å². The van der Waals surface area contributed by atoms with Crippen LogP contribution in [0.15, 0.2) is 23.3 Å². The van der Waals surface area contributed by atoms with E-state index in [1.54, 1.807) is 37.8 Å². The lowest BCUT2D eigenvalue weighted by Crippen LogP contribution is -2.41. The van der Waals surface area contributed by atoms with Gasteiger partial charge in [0.05, 0.1) is 11.0 Å². The minimum atomic E-state index is -1.03. The van der Waals surface area contributed by atoms with Gasteiger partial charge in [-0.2, -0.15) is 4.52 Å². The van der Waals surface area contributed by atoms with Crippen LogP contribution < -0.4 is 11.3 Å². The van der Waals surface area contributed by atoms with Gasteiger partial charge in [-0.05, 0) is 13.8 Å². The first-order valence-corrected chi connectivity index (χ1v) is 5.19. The van der Waals surface area contributed by atoms with Gasteiger partial charge in [-0.25, -0.2) is 4.98 Å². The van der Waals surface area contributed by atoms with E-state index in [0.29, 0.717) is 11.2 Å². The van der Waals surface area contributed by atoms with E-state index in [-0.39, 0.29) is 5.56 Å². The fourth-order valence-electron chi connectivity index (χ4n) is 1.68. The number of rotatable bonds is 2. The molecule has 0 aliphatic carbocycles. The number of nitrogens with zero attached hydrogens (tertiary/aromatic N) is 3. The highest BCUT2D eigenvalue weighted by Crippen LogP contribution is 2.18. The molecular weight excluding hydrogens is 220 g/mol. The summed E-state index contributed by atoms with van der Waals surface area (Å²) in [5.41, 5.74) is 4.84. The maximum absolute atomic E-state index is 12.3. The van der Waals surface area contributed by atoms with Crippen molar-refractivity contribution >= 4 is 11.6 Å². The fourth-order valence-corrected chi connectivity index (χ4v) is 1.68. The molecule has 2 rings (SSSR count). The Morgan fingerprint density at radius 3 is 2.71 bits per heavy atom. The van der Waals surface area contributed by atoms with Gasteiger partial charge >= 0.3 is 0 Å². The van der Waals surface area contributed by atoms with E-state index in [1.807, 2.05) is 0 Å². The van der Waals surface area contributed by atoms with Gasteiger partial charge in [0.15, 0.2) is 5.65 Å². The van der Waals surface area contributed by atoms with Gasteiger partial charge in [-0.3, -0.25) is 14.3 Å². The van der Waals surface area contributed by atoms with Crippen molar-refractivity contribution in [1.82, 2.24) is 14.2 Å². The van der Waals surface area contributed by atoms with Crippen LogP contribution in [0.2, 0.25) is 0 Å². The maximum Gasteiger partial charge on any atom is 0.277 e. The van der Waals surface area contributed by atoms with Crippen LogP contribution in [0.3, 0.4) is 0 Å². The summed E-state index contributed by atoms with van der Waals surface area (Å²) in [6.45, 7) is 3.23. The summed E-state index contributed by atoms with van der Waals surface area (Å²) in [6, 6.07) is 1.72. The first-order chi connectivity index (χ1) is 7.85. The zero-order chi connectivity index (χ0) is 12.8. The van der Waals surface area contributed by atoms with Crippen molar-refractivity contribution in [2.45, 2.75) is 19.3 Å². The number of carbonyl (C=O) groups excluding carboxylic acids is 1. The molecule has 0 aliphatic rings. The Balaban J connectivity index is 2.81. The SMILES string of the molecule is Cn1ccc2ncc(C(C)(C)C(N)=O)c(=O)n21. The molecule has 2 aromatic heterocycles. The van der Waals surface area contributed by atoms with E-state index in [2.05, 4.69) is 4.98 Å². The highest BCUT2D eigenvalue weighted by molar-refractivity contribution is 5.85. The average molecular weight is 234 g/mol. The zero-order valence-electron chi connectivity index (χ0n) is 9.97. The quantitative estimate of drug-likeness (QED) is 0.780. The summed E-state index contributed by atoms with van der Waals surface area (Å²) in [5.74, 6) is -0.550. The molecule has 0 saturated heterocycles. The first kappa shape index (κ1) is 11.4. The van der Waals surface area contributed by atoms with E-state index in [4.69, 9.17) is 5.73 Å². The third kappa shape index (κ3) is 1.52. The Morgan fingerprint density at radius 2 is 2.12 bits per heavy atom. The minimum Gasteiger partial charge on any atom is -0.369 e. The van der Waals surface area contributed by atoms with Gasteiger partial charge < -0.3 is 5.73 Å². The van der Waals surface area contributed by atoms with Gasteiger partial charge in [0, 0.05) is 25.5 Å². The van der Waals surface area contributed by atoms with E-state index in [9.17, 15) is 9.59 Å². The monoisotopic (exact) mass is 234 g/mol. The van der Waals surface area contributed by atoms with Gasteiger partial charge in [0.25, 0.3) is 5.56 Å². The lowest BCUT2D eigenvalue weighted by Gasteiger charge is -2.19. The van der Waals surface area contributed by atoms with Crippen LogP contribution in [0.4, 0.5) is 0 Å². The van der Waals surface area contributed by atoms with Crippen LogP contribution in [-0.4, -0.2) is 20.1 Å². The highest BCUT2D eigenvalue weighted by Gasteiger charge is 2.31. The number of hydrogen-bond donors (Lipinski definition) is 1. The predicted molar refractivity (Wildman–Crippen MR) is 62.7 cm³/mol. The van der Waals surface area contributed by atoms with Crippen molar-refractivity contribution in [2.24, 2.45) is 12.8 Å². The second kappa shape index (κ2) is 3.44. The molecule has 90 valence electrons. The third-order valence-electron chi connectivity index (χ3n) is 3.01. The number of hydrogen-bond acceptors (Lipinski definition) is 3. The van der Waals surface area contributed by atoms with E-state index in [0.717, 1.165) is 0 Å².